The average molecular weight is 401 g/mol. The molecule has 4 aromatic rings. The first-order chi connectivity index (χ1) is 14.6. The number of unbranched alkanes of at least 4 members (excludes halogenated alkanes) is 1. The van der Waals surface area contributed by atoms with Crippen molar-refractivity contribution in [1.29, 1.82) is 0 Å². The van der Waals surface area contributed by atoms with Gasteiger partial charge in [0.2, 0.25) is 5.91 Å². The molecule has 0 aliphatic rings. The summed E-state index contributed by atoms with van der Waals surface area (Å²) in [5.41, 5.74) is 3.59. The van der Waals surface area contributed by atoms with E-state index in [4.69, 9.17) is 0 Å². The standard InChI is InChI=1S/C23H23N5O2/c1-2-3-9-21-25-19-11-10-17(14-20(19)26-21)24-22(29)15-28-23(30)13-12-18(27-28)16-7-5-4-6-8-16/h4-8,10-14H,2-3,9,15H2,1H3,(H,24,29)(H,25,26). The molecule has 0 atom stereocenters. The van der Waals surface area contributed by atoms with Crippen LogP contribution in [-0.4, -0.2) is 25.7 Å². The van der Waals surface area contributed by atoms with E-state index in [-0.39, 0.29) is 18.0 Å². The van der Waals surface area contributed by atoms with Crippen molar-refractivity contribution in [2.45, 2.75) is 32.7 Å². The number of carbonyl (C=O) groups excluding carboxylic acids is 1. The highest BCUT2D eigenvalue weighted by Crippen LogP contribution is 2.18. The number of hydrogen-bond acceptors (Lipinski definition) is 4. The van der Waals surface area contributed by atoms with Gasteiger partial charge in [0.05, 0.1) is 16.7 Å². The van der Waals surface area contributed by atoms with Gasteiger partial charge < -0.3 is 10.3 Å². The number of anilines is 1. The Bertz CT molecular complexity index is 1230. The van der Waals surface area contributed by atoms with Crippen LogP contribution in [0.5, 0.6) is 0 Å². The number of nitrogens with one attached hydrogen (secondary N) is 2. The molecule has 0 spiro atoms. The van der Waals surface area contributed by atoms with Gasteiger partial charge in [0, 0.05) is 23.7 Å². The van der Waals surface area contributed by atoms with Crippen LogP contribution in [0.1, 0.15) is 25.6 Å². The molecule has 0 bridgehead atoms. The van der Waals surface area contributed by atoms with E-state index >= 15 is 0 Å². The van der Waals surface area contributed by atoms with Crippen molar-refractivity contribution >= 4 is 22.6 Å². The number of nitrogens with zero attached hydrogens (tertiary/aromatic N) is 3. The summed E-state index contributed by atoms with van der Waals surface area (Å²) in [7, 11) is 0. The summed E-state index contributed by atoms with van der Waals surface area (Å²) in [5.74, 6) is 0.628. The monoisotopic (exact) mass is 401 g/mol. The Balaban J connectivity index is 1.49. The molecule has 1 amide bonds. The number of amides is 1. The zero-order valence-corrected chi connectivity index (χ0v) is 16.8. The molecule has 2 aromatic carbocycles. The Morgan fingerprint density at radius 2 is 1.93 bits per heavy atom. The number of fused-ring (bicyclic) bond motifs is 1. The topological polar surface area (TPSA) is 92.7 Å². The number of hydrogen-bond donors (Lipinski definition) is 2. The predicted octanol–water partition coefficient (Wildman–Crippen LogP) is 3.77. The first kappa shape index (κ1) is 19.6. The van der Waals surface area contributed by atoms with E-state index in [9.17, 15) is 9.59 Å². The van der Waals surface area contributed by atoms with E-state index in [2.05, 4.69) is 27.3 Å². The molecule has 2 N–H and O–H groups in total. The predicted molar refractivity (Wildman–Crippen MR) is 117 cm³/mol. The third kappa shape index (κ3) is 4.46. The quantitative estimate of drug-likeness (QED) is 0.493. The minimum absolute atomic E-state index is 0.164. The normalized spacial score (nSPS) is 11.0. The molecule has 0 aliphatic carbocycles. The number of rotatable bonds is 7. The van der Waals surface area contributed by atoms with Gasteiger partial charge in [0.15, 0.2) is 0 Å². The first-order valence-corrected chi connectivity index (χ1v) is 10.0. The Morgan fingerprint density at radius 3 is 2.73 bits per heavy atom. The van der Waals surface area contributed by atoms with Gasteiger partial charge in [-0.15, -0.1) is 0 Å². The molecule has 0 saturated heterocycles. The van der Waals surface area contributed by atoms with Crippen LogP contribution < -0.4 is 10.9 Å². The van der Waals surface area contributed by atoms with Crippen LogP contribution in [0.2, 0.25) is 0 Å². The van der Waals surface area contributed by atoms with E-state index in [0.29, 0.717) is 11.4 Å². The fourth-order valence-corrected chi connectivity index (χ4v) is 3.26. The van der Waals surface area contributed by atoms with Gasteiger partial charge in [-0.2, -0.15) is 5.10 Å². The number of imidazole rings is 1. The lowest BCUT2D eigenvalue weighted by atomic mass is 10.1. The van der Waals surface area contributed by atoms with Gasteiger partial charge in [0.1, 0.15) is 12.4 Å². The highest BCUT2D eigenvalue weighted by atomic mass is 16.2. The molecular formula is C23H23N5O2. The Labute approximate surface area is 173 Å². The van der Waals surface area contributed by atoms with Crippen LogP contribution in [0.3, 0.4) is 0 Å². The number of benzene rings is 2. The number of aromatic amines is 1. The summed E-state index contributed by atoms with van der Waals surface area (Å²) >= 11 is 0. The van der Waals surface area contributed by atoms with E-state index in [1.165, 1.54) is 10.7 Å². The lowest BCUT2D eigenvalue weighted by molar-refractivity contribution is -0.117. The number of aromatic nitrogens is 4. The smallest absolute Gasteiger partial charge is 0.267 e. The molecular weight excluding hydrogens is 378 g/mol. The third-order valence-electron chi connectivity index (χ3n) is 4.81. The summed E-state index contributed by atoms with van der Waals surface area (Å²) in [5, 5.41) is 7.17. The van der Waals surface area contributed by atoms with Crippen molar-refractivity contribution in [3.63, 3.8) is 0 Å². The summed E-state index contributed by atoms with van der Waals surface area (Å²) in [4.78, 5) is 32.6. The van der Waals surface area contributed by atoms with Gasteiger partial charge in [-0.1, -0.05) is 43.7 Å². The molecule has 0 radical (unpaired) electrons. The summed E-state index contributed by atoms with van der Waals surface area (Å²) in [6, 6.07) is 18.2. The van der Waals surface area contributed by atoms with Crippen molar-refractivity contribution < 1.29 is 4.79 Å². The molecule has 0 fully saturated rings. The largest absolute Gasteiger partial charge is 0.342 e. The van der Waals surface area contributed by atoms with Crippen molar-refractivity contribution in [2.75, 3.05) is 5.32 Å². The van der Waals surface area contributed by atoms with Gasteiger partial charge in [-0.3, -0.25) is 9.59 Å². The molecule has 152 valence electrons. The summed E-state index contributed by atoms with van der Waals surface area (Å²) in [6.45, 7) is 1.98. The third-order valence-corrected chi connectivity index (χ3v) is 4.81. The first-order valence-electron chi connectivity index (χ1n) is 10.0. The van der Waals surface area contributed by atoms with Gasteiger partial charge in [-0.25, -0.2) is 9.67 Å². The second-order valence-electron chi connectivity index (χ2n) is 7.15. The summed E-state index contributed by atoms with van der Waals surface area (Å²) < 4.78 is 1.18. The van der Waals surface area contributed by atoms with Crippen LogP contribution in [-0.2, 0) is 17.8 Å². The van der Waals surface area contributed by atoms with E-state index in [1.807, 2.05) is 42.5 Å². The molecule has 30 heavy (non-hydrogen) atoms. The molecule has 4 rings (SSSR count). The van der Waals surface area contributed by atoms with Crippen molar-refractivity contribution in [2.24, 2.45) is 0 Å². The van der Waals surface area contributed by atoms with Crippen molar-refractivity contribution in [1.82, 2.24) is 19.7 Å². The highest BCUT2D eigenvalue weighted by molar-refractivity contribution is 5.92. The lowest BCUT2D eigenvalue weighted by Crippen LogP contribution is -2.29. The van der Waals surface area contributed by atoms with Crippen LogP contribution in [0.25, 0.3) is 22.3 Å². The Morgan fingerprint density at radius 1 is 1.10 bits per heavy atom. The maximum absolute atomic E-state index is 12.5. The number of aryl methyl sites for hydroxylation is 1. The zero-order valence-electron chi connectivity index (χ0n) is 16.8. The molecule has 0 saturated carbocycles. The van der Waals surface area contributed by atoms with Crippen LogP contribution in [0.15, 0.2) is 65.5 Å². The van der Waals surface area contributed by atoms with Crippen LogP contribution >= 0.6 is 0 Å². The molecule has 7 heteroatoms. The molecule has 7 nitrogen and oxygen atoms in total. The lowest BCUT2D eigenvalue weighted by Gasteiger charge is -2.08. The van der Waals surface area contributed by atoms with E-state index < -0.39 is 0 Å². The molecule has 2 heterocycles. The van der Waals surface area contributed by atoms with E-state index in [0.717, 1.165) is 41.7 Å². The number of carbonyl (C=O) groups is 1. The van der Waals surface area contributed by atoms with Crippen molar-refractivity contribution in [3.05, 3.63) is 76.8 Å². The number of H-pyrrole nitrogens is 1. The summed E-state index contributed by atoms with van der Waals surface area (Å²) in [6.07, 6.45) is 3.09. The fraction of sp³-hybridized carbons (Fsp3) is 0.217. The average Bonchev–Trinajstić information content (AvgIpc) is 3.16. The molecule has 2 aromatic heterocycles. The van der Waals surface area contributed by atoms with Gasteiger partial charge >= 0.3 is 0 Å². The maximum Gasteiger partial charge on any atom is 0.267 e. The van der Waals surface area contributed by atoms with Gasteiger partial charge in [0.25, 0.3) is 5.56 Å². The molecule has 0 aliphatic heterocycles. The zero-order chi connectivity index (χ0) is 20.9. The SMILES string of the molecule is CCCCc1nc2ccc(NC(=O)Cn3nc(-c4ccccc4)ccc3=O)cc2[nH]1. The second-order valence-corrected chi connectivity index (χ2v) is 7.15. The minimum atomic E-state index is -0.325. The second kappa shape index (κ2) is 8.73. The Kier molecular flexibility index (Phi) is 5.70. The molecule has 0 unspecified atom stereocenters. The Hall–Kier alpha value is -3.74. The minimum Gasteiger partial charge on any atom is -0.342 e. The van der Waals surface area contributed by atoms with Crippen LogP contribution in [0, 0.1) is 0 Å². The fourth-order valence-electron chi connectivity index (χ4n) is 3.26. The van der Waals surface area contributed by atoms with Gasteiger partial charge in [-0.05, 0) is 30.7 Å². The highest BCUT2D eigenvalue weighted by Gasteiger charge is 2.10. The van der Waals surface area contributed by atoms with Crippen LogP contribution in [0.4, 0.5) is 5.69 Å². The van der Waals surface area contributed by atoms with E-state index in [1.54, 1.807) is 12.1 Å². The maximum atomic E-state index is 12.5. The van der Waals surface area contributed by atoms with Crippen molar-refractivity contribution in [3.8, 4) is 11.3 Å².